The van der Waals surface area contributed by atoms with Gasteiger partial charge in [-0.1, -0.05) is 303 Å². The van der Waals surface area contributed by atoms with Crippen molar-refractivity contribution in [3.63, 3.8) is 0 Å². The van der Waals surface area contributed by atoms with Crippen molar-refractivity contribution in [1.82, 2.24) is 15.0 Å². The van der Waals surface area contributed by atoms with Crippen molar-refractivity contribution >= 4 is 50.1 Å². The molecule has 12 heteroatoms. The normalized spacial score (nSPS) is 13.6. The third kappa shape index (κ3) is 26.2. The Morgan fingerprint density at radius 1 is 0.357 bits per heavy atom. The number of pyridine rings is 3. The summed E-state index contributed by atoms with van der Waals surface area (Å²) in [5, 5.41) is 32.5. The van der Waals surface area contributed by atoms with Gasteiger partial charge < -0.3 is 15.3 Å². The number of hydrogen-bond acceptors (Lipinski definition) is 9. The Morgan fingerprint density at radius 2 is 0.750 bits per heavy atom. The van der Waals surface area contributed by atoms with Gasteiger partial charge in [-0.2, -0.15) is 0 Å². The number of carbonyl (C=O) groups excluding carboxylic acids is 3. The summed E-state index contributed by atoms with van der Waals surface area (Å²) in [6, 6.07) is 95.6. The summed E-state index contributed by atoms with van der Waals surface area (Å²) in [7, 11) is 0. The summed E-state index contributed by atoms with van der Waals surface area (Å²) >= 11 is 0. The van der Waals surface area contributed by atoms with Crippen LogP contribution >= 0.6 is 0 Å². The Balaban J connectivity index is 0.000000195. The van der Waals surface area contributed by atoms with Gasteiger partial charge in [0.2, 0.25) is 0 Å². The minimum atomic E-state index is -0.0415. The van der Waals surface area contributed by atoms with E-state index in [2.05, 4.69) is 301 Å². The van der Waals surface area contributed by atoms with E-state index < -0.39 is 0 Å². The summed E-state index contributed by atoms with van der Waals surface area (Å²) in [5.41, 5.74) is 37.2. The Labute approximate surface area is 876 Å². The molecular weight excluding hydrogens is 2250 g/mol. The van der Waals surface area contributed by atoms with Gasteiger partial charge in [0.1, 0.15) is 0 Å². The maximum absolute atomic E-state index is 11.7. The molecule has 3 aliphatic carbocycles. The predicted octanol–water partition coefficient (Wildman–Crippen LogP) is 34.2. The van der Waals surface area contributed by atoms with Crippen LogP contribution in [-0.4, -0.2) is 47.6 Å². The molecule has 3 radical (unpaired) electrons. The van der Waals surface area contributed by atoms with E-state index in [-0.39, 0.29) is 135 Å². The van der Waals surface area contributed by atoms with Gasteiger partial charge in [-0.05, 0) is 232 Å². The SMILES string of the molecule is CC(C(=O)CC(C)C)=C(O)CC(C)C.CCC(C)C(=O)C=C(O)C(C)CC.CCC(CC)C(=O)C=C(O)C(CC)CC.Cc1[c-]c(-c2cc(CC(C)C)c3cc4c(cc3n2)C(C)(C)c2ccccc2-4)cc(C)c1.Cc1cccc(-c2cc(-c3[c-]cccc3)nc3cc4c(cc23)-c2ccccc2C4(C)C)c1.Cc1cccc(-c2cc(-c3[c-]cccc3)nc3cc4c(cc23)-c2ccccc2C4(C)C)c1.[Ir].[Ir].[Ir]. The van der Waals surface area contributed by atoms with Crippen LogP contribution in [0.1, 0.15) is 258 Å². The van der Waals surface area contributed by atoms with E-state index in [9.17, 15) is 29.7 Å². The molecule has 0 spiro atoms. The van der Waals surface area contributed by atoms with Crippen molar-refractivity contribution in [2.75, 3.05) is 0 Å². The zero-order valence-electron chi connectivity index (χ0n) is 87.0. The molecule has 0 saturated heterocycles. The molecule has 9 nitrogen and oxygen atoms in total. The fourth-order valence-electron chi connectivity index (χ4n) is 19.4. The van der Waals surface area contributed by atoms with E-state index in [1.165, 1.54) is 140 Å². The average molecular weight is 2400 g/mol. The second-order valence-corrected chi connectivity index (χ2v) is 41.0. The van der Waals surface area contributed by atoms with Crippen molar-refractivity contribution in [3.8, 4) is 89.4 Å². The Morgan fingerprint density at radius 3 is 1.13 bits per heavy atom. The van der Waals surface area contributed by atoms with Crippen LogP contribution in [-0.2, 0) is 97.4 Å². The van der Waals surface area contributed by atoms with Crippen LogP contribution in [0.5, 0.6) is 0 Å². The first kappa shape index (κ1) is 113. The third-order valence-electron chi connectivity index (χ3n) is 27.9. The number of hydrogen-bond donors (Lipinski definition) is 3. The van der Waals surface area contributed by atoms with Gasteiger partial charge in [0.25, 0.3) is 0 Å². The minimum Gasteiger partial charge on any atom is -0.512 e. The number of aromatic nitrogens is 3. The first-order valence-corrected chi connectivity index (χ1v) is 49.9. The summed E-state index contributed by atoms with van der Waals surface area (Å²) in [6.45, 7) is 52.7. The molecule has 2 unspecified atom stereocenters. The maximum Gasteiger partial charge on any atom is 0.162 e. The van der Waals surface area contributed by atoms with Crippen molar-refractivity contribution in [2.45, 2.75) is 247 Å². The number of allylic oxidation sites excluding steroid dienone is 6. The summed E-state index contributed by atoms with van der Waals surface area (Å²) in [5.74, 6) is 2.54. The first-order chi connectivity index (χ1) is 65.2. The Hall–Kier alpha value is -10.8. The van der Waals surface area contributed by atoms with Crippen molar-refractivity contribution < 1.29 is 90.0 Å². The molecule has 3 aromatic heterocycles. The maximum atomic E-state index is 11.7. The van der Waals surface area contributed by atoms with Gasteiger partial charge in [0, 0.05) is 147 Å². The fraction of sp³-hybridized carbons (Fsp3) is 0.344. The quantitative estimate of drug-likeness (QED) is 0.0305. The number of aliphatic hydroxyl groups excluding tert-OH is 3. The zero-order valence-corrected chi connectivity index (χ0v) is 94.2. The molecule has 0 saturated carbocycles. The Kier molecular flexibility index (Phi) is 40.1. The van der Waals surface area contributed by atoms with Crippen LogP contribution in [0.25, 0.3) is 122 Å². The van der Waals surface area contributed by atoms with E-state index in [4.69, 9.17) is 15.0 Å². The van der Waals surface area contributed by atoms with Gasteiger partial charge in [-0.15, -0.1) is 107 Å². The number of aliphatic hydroxyl groups is 3. The summed E-state index contributed by atoms with van der Waals surface area (Å²) in [4.78, 5) is 50.1. The molecule has 3 aliphatic rings. The second-order valence-electron chi connectivity index (χ2n) is 41.0. The van der Waals surface area contributed by atoms with Crippen LogP contribution in [0, 0.1) is 87.3 Å². The van der Waals surface area contributed by atoms with Crippen molar-refractivity contribution in [2.24, 2.45) is 41.4 Å². The summed E-state index contributed by atoms with van der Waals surface area (Å²) in [6.07, 6.45) is 10.1. The molecule has 3 N–H and O–H groups in total. The molecule has 3 heterocycles. The third-order valence-corrected chi connectivity index (χ3v) is 27.9. The second kappa shape index (κ2) is 49.8. The molecule has 14 aromatic rings. The number of Topliss-reactive ketones (excluding diaryl/α,β-unsaturated/α-hetero) is 1. The zero-order chi connectivity index (χ0) is 99.2. The van der Waals surface area contributed by atoms with Crippen molar-refractivity contribution in [1.29, 1.82) is 0 Å². The van der Waals surface area contributed by atoms with E-state index >= 15 is 0 Å². The van der Waals surface area contributed by atoms with Gasteiger partial charge in [-0.3, -0.25) is 29.3 Å². The van der Waals surface area contributed by atoms with Crippen LogP contribution in [0.4, 0.5) is 0 Å². The summed E-state index contributed by atoms with van der Waals surface area (Å²) < 4.78 is 0. The fourth-order valence-corrected chi connectivity index (χ4v) is 19.4. The van der Waals surface area contributed by atoms with E-state index in [0.717, 1.165) is 101 Å². The van der Waals surface area contributed by atoms with Gasteiger partial charge in [0.05, 0.1) is 33.8 Å². The van der Waals surface area contributed by atoms with Crippen molar-refractivity contribution in [3.05, 3.63) is 351 Å². The number of carbonyl (C=O) groups is 3. The molecule has 17 rings (SSSR count). The minimum absolute atomic E-state index is 0. The van der Waals surface area contributed by atoms with Crippen LogP contribution in [0.3, 0.4) is 0 Å². The molecule has 0 aliphatic heterocycles. The van der Waals surface area contributed by atoms with Crippen LogP contribution < -0.4 is 0 Å². The Bertz CT molecular complexity index is 6550. The molecule has 2 atom stereocenters. The average Bonchev–Trinajstić information content (AvgIpc) is 1.57. The monoisotopic (exact) mass is 2400 g/mol. The topological polar surface area (TPSA) is 151 Å². The predicted molar refractivity (Wildman–Crippen MR) is 577 cm³/mol. The molecule has 140 heavy (non-hydrogen) atoms. The van der Waals surface area contributed by atoms with E-state index in [1.807, 2.05) is 119 Å². The molecule has 0 bridgehead atoms. The number of benzene rings is 11. The van der Waals surface area contributed by atoms with E-state index in [0.29, 0.717) is 36.2 Å². The number of nitrogens with zero attached hydrogens (tertiary/aromatic N) is 3. The molecule has 0 amide bonds. The number of aryl methyl sites for hydroxylation is 4. The van der Waals surface area contributed by atoms with Gasteiger partial charge >= 0.3 is 0 Å². The number of fused-ring (bicyclic) bond motifs is 12. The number of rotatable bonds is 24. The molecule has 0 fully saturated rings. The molecule has 11 aromatic carbocycles. The molecule has 737 valence electrons. The van der Waals surface area contributed by atoms with Crippen LogP contribution in [0.2, 0.25) is 0 Å². The van der Waals surface area contributed by atoms with Gasteiger partial charge in [0.15, 0.2) is 17.3 Å². The standard InChI is InChI=1S/2C31H24N.C30H30N.C13H24O2.C12H22O2.C11H20O2.3Ir/c2*1-20-10-9-13-22(16-20)24-18-29(21-11-5-4-6-12-21)32-30-19-28-25(17-26(24)30)23-14-7-8-15-27(23)31(28,2)3;1-18(2)11-21-15-28(22-13-19(3)12-20(4)14-22)31-29-17-27-25(16-24(21)29)23-9-7-8-10-26(23)30(27,5)6;1-5-10(6-2)12(14)9-13(15)11(7-3)8-4;1-8(2)6-11(13)10(5)12(14)7-9(3)4;1-5-8(3)10(12)7-11(13)9(4)6-2;;;/h2*4-11,13-19H,1-3H3;7-10,12-13,15-18H,11H2,1-6H3;9-11,14H,5-8H2,1-4H3;8-9,13H,6-7H2,1-5H3;7-9,12H,5-6H2,1-4H3;;;/q3*-1;;;;;;. The van der Waals surface area contributed by atoms with E-state index in [1.54, 1.807) is 6.92 Å². The van der Waals surface area contributed by atoms with Crippen LogP contribution in [0.15, 0.2) is 272 Å². The number of ketones is 3. The smallest absolute Gasteiger partial charge is 0.162 e. The van der Waals surface area contributed by atoms with Gasteiger partial charge in [-0.25, -0.2) is 0 Å². The molecular formula is C128H144Ir3N3O6-3. The first-order valence-electron chi connectivity index (χ1n) is 49.9. The largest absolute Gasteiger partial charge is 0.512 e.